The van der Waals surface area contributed by atoms with Crippen molar-refractivity contribution >= 4 is 11.4 Å². The highest BCUT2D eigenvalue weighted by molar-refractivity contribution is 5.51. The van der Waals surface area contributed by atoms with Crippen molar-refractivity contribution in [2.24, 2.45) is 5.84 Å². The van der Waals surface area contributed by atoms with Gasteiger partial charge in [-0.3, -0.25) is 20.9 Å². The van der Waals surface area contributed by atoms with Gasteiger partial charge in [0, 0.05) is 12.3 Å². The molecule has 0 spiro atoms. The summed E-state index contributed by atoms with van der Waals surface area (Å²) in [5, 5.41) is 19.7. The number of hydrogen-bond donors (Lipinski definition) is 2. The monoisotopic (exact) mass is 285 g/mol. The first-order chi connectivity index (χ1) is 10.1. The normalized spacial score (nSPS) is 9.71. The summed E-state index contributed by atoms with van der Waals surface area (Å²) < 4.78 is 5.40. The maximum absolute atomic E-state index is 11.0. The van der Waals surface area contributed by atoms with Crippen molar-refractivity contribution < 1.29 is 9.66 Å². The lowest BCUT2D eigenvalue weighted by molar-refractivity contribution is -0.386. The zero-order valence-electron chi connectivity index (χ0n) is 10.8. The minimum atomic E-state index is -0.596. The number of aromatic nitrogens is 1. The fraction of sp³-hybridized carbons (Fsp3) is 0.0769. The lowest BCUT2D eigenvalue weighted by Gasteiger charge is -2.07. The quantitative estimate of drug-likeness (QED) is 0.486. The second-order valence-electron chi connectivity index (χ2n) is 4.02. The van der Waals surface area contributed by atoms with Gasteiger partial charge >= 0.3 is 5.69 Å². The molecule has 2 rings (SSSR count). The number of nitro groups is 1. The van der Waals surface area contributed by atoms with E-state index < -0.39 is 4.92 Å². The Labute approximate surface area is 119 Å². The minimum Gasteiger partial charge on any atom is -0.480 e. The Hall–Kier alpha value is -3.18. The van der Waals surface area contributed by atoms with Gasteiger partial charge in [-0.15, -0.1) is 0 Å². The molecule has 0 saturated carbocycles. The van der Waals surface area contributed by atoms with Crippen molar-refractivity contribution in [2.45, 2.75) is 6.61 Å². The van der Waals surface area contributed by atoms with Gasteiger partial charge in [-0.05, 0) is 24.3 Å². The Kier molecular flexibility index (Phi) is 4.28. The van der Waals surface area contributed by atoms with E-state index in [1.54, 1.807) is 18.3 Å². The average molecular weight is 285 g/mol. The largest absolute Gasteiger partial charge is 0.480 e. The van der Waals surface area contributed by atoms with Crippen molar-refractivity contribution in [3.05, 3.63) is 57.9 Å². The van der Waals surface area contributed by atoms with Gasteiger partial charge in [-0.1, -0.05) is 0 Å². The molecule has 106 valence electrons. The molecule has 2 aromatic rings. The molecule has 0 aliphatic rings. The number of nitrogens with zero attached hydrogens (tertiary/aromatic N) is 3. The molecule has 1 aromatic carbocycles. The number of nitrogen functional groups attached to an aromatic ring is 1. The second-order valence-corrected chi connectivity index (χ2v) is 4.02. The molecule has 0 unspecified atom stereocenters. The number of anilines is 1. The number of hydrogen-bond acceptors (Lipinski definition) is 7. The van der Waals surface area contributed by atoms with Gasteiger partial charge in [-0.2, -0.15) is 5.26 Å². The summed E-state index contributed by atoms with van der Waals surface area (Å²) in [6.07, 6.45) is 1.54. The molecular weight excluding hydrogens is 274 g/mol. The van der Waals surface area contributed by atoms with Crippen LogP contribution in [-0.4, -0.2) is 9.91 Å². The van der Waals surface area contributed by atoms with Gasteiger partial charge in [0.25, 0.3) is 0 Å². The van der Waals surface area contributed by atoms with E-state index in [0.717, 1.165) is 0 Å². The molecule has 0 aliphatic carbocycles. The van der Waals surface area contributed by atoms with Crippen LogP contribution in [0.1, 0.15) is 11.3 Å². The molecule has 8 nitrogen and oxygen atoms in total. The molecule has 0 bridgehead atoms. The van der Waals surface area contributed by atoms with Crippen LogP contribution in [0.4, 0.5) is 11.4 Å². The van der Waals surface area contributed by atoms with Gasteiger partial charge in [0.1, 0.15) is 6.61 Å². The number of rotatable bonds is 5. The number of nitrogens with two attached hydrogens (primary N) is 1. The third kappa shape index (κ3) is 3.43. The van der Waals surface area contributed by atoms with Crippen molar-refractivity contribution in [1.82, 2.24) is 4.98 Å². The van der Waals surface area contributed by atoms with Gasteiger partial charge in [0.05, 0.1) is 27.9 Å². The van der Waals surface area contributed by atoms with E-state index >= 15 is 0 Å². The van der Waals surface area contributed by atoms with E-state index in [9.17, 15) is 10.1 Å². The maximum atomic E-state index is 11.0. The summed E-state index contributed by atoms with van der Waals surface area (Å²) in [7, 11) is 0. The van der Waals surface area contributed by atoms with Crippen molar-refractivity contribution in [3.63, 3.8) is 0 Å². The predicted octanol–water partition coefficient (Wildman–Crippen LogP) is 1.73. The first-order valence-electron chi connectivity index (χ1n) is 5.87. The van der Waals surface area contributed by atoms with Crippen LogP contribution in [0.5, 0.6) is 5.75 Å². The van der Waals surface area contributed by atoms with Crippen LogP contribution in [0.3, 0.4) is 0 Å². The van der Waals surface area contributed by atoms with Crippen LogP contribution >= 0.6 is 0 Å². The number of benzene rings is 1. The highest BCUT2D eigenvalue weighted by Crippen LogP contribution is 2.28. The lowest BCUT2D eigenvalue weighted by Crippen LogP contribution is -2.08. The molecule has 0 amide bonds. The smallest absolute Gasteiger partial charge is 0.312 e. The molecular formula is C13H11N5O3. The zero-order chi connectivity index (χ0) is 15.2. The number of hydrazine groups is 1. The molecule has 0 saturated heterocycles. The summed E-state index contributed by atoms with van der Waals surface area (Å²) in [5.41, 5.74) is 3.61. The first kappa shape index (κ1) is 14.2. The second kappa shape index (κ2) is 6.31. The van der Waals surface area contributed by atoms with E-state index in [4.69, 9.17) is 15.8 Å². The van der Waals surface area contributed by atoms with Crippen LogP contribution in [0.2, 0.25) is 0 Å². The number of ether oxygens (including phenoxy) is 1. The summed E-state index contributed by atoms with van der Waals surface area (Å²) >= 11 is 0. The Morgan fingerprint density at radius 3 is 2.90 bits per heavy atom. The number of nitro benzene ring substituents is 1. The molecule has 1 aromatic heterocycles. The Bertz CT molecular complexity index is 711. The van der Waals surface area contributed by atoms with Gasteiger partial charge < -0.3 is 10.2 Å². The highest BCUT2D eigenvalue weighted by Gasteiger charge is 2.16. The van der Waals surface area contributed by atoms with Crippen molar-refractivity contribution in [2.75, 3.05) is 5.43 Å². The minimum absolute atomic E-state index is 0.0439. The fourth-order valence-corrected chi connectivity index (χ4v) is 1.65. The van der Waals surface area contributed by atoms with Gasteiger partial charge in [0.2, 0.25) is 0 Å². The van der Waals surface area contributed by atoms with E-state index in [1.807, 2.05) is 6.07 Å². The van der Waals surface area contributed by atoms with E-state index in [-0.39, 0.29) is 23.6 Å². The predicted molar refractivity (Wildman–Crippen MR) is 74.2 cm³/mol. The SMILES string of the molecule is N#Cc1ccc(OCc2cc(NN)ccn2)c([N+](=O)[O-])c1. The highest BCUT2D eigenvalue weighted by atomic mass is 16.6. The summed E-state index contributed by atoms with van der Waals surface area (Å²) in [6.45, 7) is 0.0439. The number of nitriles is 1. The topological polar surface area (TPSA) is 127 Å². The van der Waals surface area contributed by atoms with E-state index in [1.165, 1.54) is 18.2 Å². The van der Waals surface area contributed by atoms with Crippen LogP contribution in [0.25, 0.3) is 0 Å². The molecule has 3 N–H and O–H groups in total. The van der Waals surface area contributed by atoms with Crippen molar-refractivity contribution in [1.29, 1.82) is 5.26 Å². The molecule has 21 heavy (non-hydrogen) atoms. The van der Waals surface area contributed by atoms with Crippen molar-refractivity contribution in [3.8, 4) is 11.8 Å². The van der Waals surface area contributed by atoms with Crippen LogP contribution in [0.15, 0.2) is 36.5 Å². The standard InChI is InChI=1S/C13H11N5O3/c14-7-9-1-2-13(12(5-9)18(19)20)21-8-11-6-10(17-15)3-4-16-11/h1-6H,8,15H2,(H,16,17). The fourth-order valence-electron chi connectivity index (χ4n) is 1.65. The van der Waals surface area contributed by atoms with Gasteiger partial charge in [-0.25, -0.2) is 0 Å². The number of pyridine rings is 1. The van der Waals surface area contributed by atoms with Crippen LogP contribution < -0.4 is 16.0 Å². The summed E-state index contributed by atoms with van der Waals surface area (Å²) in [4.78, 5) is 14.4. The molecule has 0 atom stereocenters. The Balaban J connectivity index is 2.19. The lowest BCUT2D eigenvalue weighted by atomic mass is 10.2. The Morgan fingerprint density at radius 2 is 2.24 bits per heavy atom. The molecule has 0 fully saturated rings. The first-order valence-corrected chi connectivity index (χ1v) is 5.87. The molecule has 8 heteroatoms. The average Bonchev–Trinajstić information content (AvgIpc) is 2.52. The molecule has 1 heterocycles. The van der Waals surface area contributed by atoms with E-state index in [0.29, 0.717) is 11.4 Å². The Morgan fingerprint density at radius 1 is 1.43 bits per heavy atom. The van der Waals surface area contributed by atoms with Crippen LogP contribution in [-0.2, 0) is 6.61 Å². The molecule has 0 radical (unpaired) electrons. The van der Waals surface area contributed by atoms with E-state index in [2.05, 4.69) is 10.4 Å². The summed E-state index contributed by atoms with van der Waals surface area (Å²) in [6, 6.07) is 9.19. The third-order valence-corrected chi connectivity index (χ3v) is 2.64. The third-order valence-electron chi connectivity index (χ3n) is 2.64. The number of nitrogens with one attached hydrogen (secondary N) is 1. The molecule has 0 aliphatic heterocycles. The zero-order valence-corrected chi connectivity index (χ0v) is 10.8. The summed E-state index contributed by atoms with van der Waals surface area (Å²) in [5.74, 6) is 5.36. The maximum Gasteiger partial charge on any atom is 0.312 e. The van der Waals surface area contributed by atoms with Crippen LogP contribution in [0, 0.1) is 21.4 Å². The van der Waals surface area contributed by atoms with Gasteiger partial charge in [0.15, 0.2) is 5.75 Å².